The van der Waals surface area contributed by atoms with Crippen molar-refractivity contribution < 1.29 is 13.9 Å². The van der Waals surface area contributed by atoms with Crippen LogP contribution in [0.5, 0.6) is 11.5 Å². The second kappa shape index (κ2) is 6.98. The Morgan fingerprint density at radius 3 is 2.62 bits per heavy atom. The van der Waals surface area contributed by atoms with Crippen molar-refractivity contribution >= 4 is 23.2 Å². The number of rotatable bonds is 5. The summed E-state index contributed by atoms with van der Waals surface area (Å²) in [5.41, 5.74) is 6.71. The van der Waals surface area contributed by atoms with E-state index in [0.29, 0.717) is 27.6 Å². The van der Waals surface area contributed by atoms with E-state index >= 15 is 0 Å². The van der Waals surface area contributed by atoms with Crippen molar-refractivity contribution in [3.05, 3.63) is 57.3 Å². The summed E-state index contributed by atoms with van der Waals surface area (Å²) >= 11 is 11.7. The van der Waals surface area contributed by atoms with Gasteiger partial charge in [-0.3, -0.25) is 0 Å². The molecule has 0 radical (unpaired) electrons. The second-order valence-corrected chi connectivity index (χ2v) is 5.15. The molecule has 21 heavy (non-hydrogen) atoms. The lowest BCUT2D eigenvalue weighted by Gasteiger charge is -2.15. The van der Waals surface area contributed by atoms with Crippen LogP contribution < -0.4 is 15.2 Å². The van der Waals surface area contributed by atoms with Gasteiger partial charge in [-0.25, -0.2) is 4.39 Å². The summed E-state index contributed by atoms with van der Waals surface area (Å²) in [6.07, 6.45) is 0. The van der Waals surface area contributed by atoms with Crippen molar-refractivity contribution in [2.45, 2.75) is 13.2 Å². The van der Waals surface area contributed by atoms with Crippen molar-refractivity contribution in [2.24, 2.45) is 5.73 Å². The summed E-state index contributed by atoms with van der Waals surface area (Å²) in [6, 6.07) is 8.05. The molecule has 0 amide bonds. The molecule has 0 heterocycles. The molecule has 0 unspecified atom stereocenters. The van der Waals surface area contributed by atoms with Gasteiger partial charge in [0, 0.05) is 28.8 Å². The molecule has 0 bridgehead atoms. The fourth-order valence-corrected chi connectivity index (χ4v) is 2.32. The molecule has 0 aliphatic rings. The third kappa shape index (κ3) is 3.59. The van der Waals surface area contributed by atoms with Crippen LogP contribution in [0.4, 0.5) is 4.39 Å². The lowest BCUT2D eigenvalue weighted by molar-refractivity contribution is 0.277. The summed E-state index contributed by atoms with van der Waals surface area (Å²) in [7, 11) is 1.50. The molecule has 3 nitrogen and oxygen atoms in total. The highest BCUT2D eigenvalue weighted by Crippen LogP contribution is 2.35. The van der Waals surface area contributed by atoms with Crippen molar-refractivity contribution in [2.75, 3.05) is 7.11 Å². The predicted molar refractivity (Wildman–Crippen MR) is 81.6 cm³/mol. The highest BCUT2D eigenvalue weighted by Gasteiger charge is 2.14. The number of methoxy groups -OCH3 is 1. The highest BCUT2D eigenvalue weighted by molar-refractivity contribution is 6.31. The molecule has 2 aromatic carbocycles. The molecule has 0 atom stereocenters. The minimum Gasteiger partial charge on any atom is -0.493 e. The zero-order chi connectivity index (χ0) is 15.4. The highest BCUT2D eigenvalue weighted by atomic mass is 35.5. The Kier molecular flexibility index (Phi) is 5.28. The monoisotopic (exact) mass is 329 g/mol. The van der Waals surface area contributed by atoms with Crippen molar-refractivity contribution in [3.8, 4) is 11.5 Å². The van der Waals surface area contributed by atoms with Crippen LogP contribution in [0, 0.1) is 5.82 Å². The molecular weight excluding hydrogens is 316 g/mol. The number of nitrogens with two attached hydrogens (primary N) is 1. The van der Waals surface area contributed by atoms with Crippen molar-refractivity contribution in [1.82, 2.24) is 0 Å². The Balaban J connectivity index is 2.29. The molecule has 2 N–H and O–H groups in total. The number of benzene rings is 2. The smallest absolute Gasteiger partial charge is 0.166 e. The Morgan fingerprint density at radius 1 is 1.19 bits per heavy atom. The lowest BCUT2D eigenvalue weighted by Crippen LogP contribution is -2.06. The van der Waals surface area contributed by atoms with Gasteiger partial charge < -0.3 is 15.2 Å². The van der Waals surface area contributed by atoms with Crippen LogP contribution in [0.2, 0.25) is 10.0 Å². The Labute approximate surface area is 132 Å². The van der Waals surface area contributed by atoms with E-state index < -0.39 is 5.82 Å². The second-order valence-electron chi connectivity index (χ2n) is 4.30. The summed E-state index contributed by atoms with van der Waals surface area (Å²) in [4.78, 5) is 0. The first-order valence-electron chi connectivity index (χ1n) is 6.19. The van der Waals surface area contributed by atoms with Gasteiger partial charge >= 0.3 is 0 Å². The minimum absolute atomic E-state index is 0.0113. The number of hydrogen-bond acceptors (Lipinski definition) is 3. The first-order chi connectivity index (χ1) is 10.1. The minimum atomic E-state index is -0.499. The fraction of sp³-hybridized carbons (Fsp3) is 0.200. The van der Waals surface area contributed by atoms with E-state index in [4.69, 9.17) is 38.4 Å². The van der Waals surface area contributed by atoms with Crippen LogP contribution in [0.15, 0.2) is 30.3 Å². The summed E-state index contributed by atoms with van der Waals surface area (Å²) in [6.45, 7) is 0.238. The molecule has 0 aromatic heterocycles. The van der Waals surface area contributed by atoms with Gasteiger partial charge in [0.05, 0.1) is 12.1 Å². The van der Waals surface area contributed by atoms with E-state index in [-0.39, 0.29) is 18.2 Å². The quantitative estimate of drug-likeness (QED) is 0.894. The van der Waals surface area contributed by atoms with Crippen LogP contribution in [0.1, 0.15) is 11.1 Å². The molecule has 6 heteroatoms. The standard InChI is InChI=1S/C15H14Cl2FNO2/c1-20-13-6-11(16)5-10(7-19)15(13)21-8-9-3-2-4-12(17)14(9)18/h2-6H,7-8,19H2,1H3. The molecule has 0 spiro atoms. The lowest BCUT2D eigenvalue weighted by atomic mass is 10.1. The molecule has 0 aliphatic carbocycles. The zero-order valence-corrected chi connectivity index (χ0v) is 12.8. The topological polar surface area (TPSA) is 44.5 Å². The van der Waals surface area contributed by atoms with Crippen LogP contribution >= 0.6 is 23.2 Å². The Bertz CT molecular complexity index is 625. The van der Waals surface area contributed by atoms with Crippen LogP contribution in [-0.4, -0.2) is 7.11 Å². The Hall–Kier alpha value is -1.49. The summed E-state index contributed by atoms with van der Waals surface area (Å²) in [5.74, 6) is 0.399. The van der Waals surface area contributed by atoms with Crippen molar-refractivity contribution in [3.63, 3.8) is 0 Å². The molecule has 0 saturated carbocycles. The fourth-order valence-electron chi connectivity index (χ4n) is 1.90. The van der Waals surface area contributed by atoms with E-state index in [1.165, 1.54) is 13.2 Å². The zero-order valence-electron chi connectivity index (χ0n) is 11.3. The van der Waals surface area contributed by atoms with Gasteiger partial charge in [-0.1, -0.05) is 35.3 Å². The predicted octanol–water partition coefficient (Wildman–Crippen LogP) is 4.18. The number of ether oxygens (including phenoxy) is 2. The molecule has 2 rings (SSSR count). The molecular formula is C15H14Cl2FNO2. The van der Waals surface area contributed by atoms with Crippen LogP contribution in [-0.2, 0) is 13.2 Å². The average Bonchev–Trinajstić information content (AvgIpc) is 2.48. The van der Waals surface area contributed by atoms with Gasteiger partial charge in [0.25, 0.3) is 0 Å². The van der Waals surface area contributed by atoms with Gasteiger partial charge in [0.2, 0.25) is 0 Å². The Morgan fingerprint density at radius 2 is 1.95 bits per heavy atom. The van der Waals surface area contributed by atoms with E-state index in [9.17, 15) is 4.39 Å². The van der Waals surface area contributed by atoms with E-state index in [2.05, 4.69) is 0 Å². The van der Waals surface area contributed by atoms with Crippen LogP contribution in [0.3, 0.4) is 0 Å². The summed E-state index contributed by atoms with van der Waals surface area (Å²) in [5, 5.41) is 0.548. The summed E-state index contributed by atoms with van der Waals surface area (Å²) < 4.78 is 24.7. The van der Waals surface area contributed by atoms with Gasteiger partial charge in [-0.15, -0.1) is 0 Å². The SMILES string of the molecule is COc1cc(Cl)cc(CN)c1OCc1cccc(Cl)c1F. The van der Waals surface area contributed by atoms with E-state index in [1.807, 2.05) is 0 Å². The molecule has 2 aromatic rings. The molecule has 0 fully saturated rings. The maximum absolute atomic E-state index is 13.8. The van der Waals surface area contributed by atoms with Crippen LogP contribution in [0.25, 0.3) is 0 Å². The first-order valence-corrected chi connectivity index (χ1v) is 6.94. The molecule has 112 valence electrons. The maximum Gasteiger partial charge on any atom is 0.166 e. The van der Waals surface area contributed by atoms with Gasteiger partial charge in [0.15, 0.2) is 11.5 Å². The number of halogens is 3. The first kappa shape index (κ1) is 15.9. The van der Waals surface area contributed by atoms with Crippen molar-refractivity contribution in [1.29, 1.82) is 0 Å². The molecule has 0 saturated heterocycles. The van der Waals surface area contributed by atoms with Gasteiger partial charge in [-0.05, 0) is 12.1 Å². The van der Waals surface area contributed by atoms with E-state index in [0.717, 1.165) is 0 Å². The average molecular weight is 330 g/mol. The largest absolute Gasteiger partial charge is 0.493 e. The van der Waals surface area contributed by atoms with Gasteiger partial charge in [0.1, 0.15) is 12.4 Å². The maximum atomic E-state index is 13.8. The number of hydrogen-bond donors (Lipinski definition) is 1. The van der Waals surface area contributed by atoms with Gasteiger partial charge in [-0.2, -0.15) is 0 Å². The third-order valence-corrected chi connectivity index (χ3v) is 3.45. The molecule has 0 aliphatic heterocycles. The normalized spacial score (nSPS) is 10.5. The third-order valence-electron chi connectivity index (χ3n) is 2.94. The van der Waals surface area contributed by atoms with E-state index in [1.54, 1.807) is 24.3 Å².